The molecular formula is C21H27Cl2F3N2O4. The Balaban J connectivity index is 0.00000256. The Morgan fingerprint density at radius 1 is 0.844 bits per heavy atom. The first kappa shape index (κ1) is 28.0. The van der Waals surface area contributed by atoms with Crippen molar-refractivity contribution in [2.75, 3.05) is 47.5 Å². The Hall–Kier alpha value is -2.07. The third kappa shape index (κ3) is 6.71. The molecule has 0 amide bonds. The highest BCUT2D eigenvalue weighted by Gasteiger charge is 2.32. The second kappa shape index (κ2) is 12.2. The molecule has 0 spiro atoms. The Labute approximate surface area is 197 Å². The molecule has 0 aliphatic carbocycles. The molecule has 1 atom stereocenters. The topological polar surface area (TPSA) is 52.2 Å². The summed E-state index contributed by atoms with van der Waals surface area (Å²) in [6.45, 7) is 3.10. The summed E-state index contributed by atoms with van der Waals surface area (Å²) in [6.07, 6.45) is -4.73. The van der Waals surface area contributed by atoms with Crippen LogP contribution in [0.25, 0.3) is 0 Å². The highest BCUT2D eigenvalue weighted by atomic mass is 35.5. The predicted octanol–water partition coefficient (Wildman–Crippen LogP) is 4.45. The monoisotopic (exact) mass is 498 g/mol. The minimum absolute atomic E-state index is 0. The molecule has 0 bridgehead atoms. The molecule has 2 aromatic rings. The van der Waals surface area contributed by atoms with Crippen LogP contribution < -0.4 is 24.3 Å². The molecule has 1 heterocycles. The number of methoxy groups -OCH3 is 3. The molecule has 0 unspecified atom stereocenters. The number of piperazine rings is 1. The van der Waals surface area contributed by atoms with Crippen LogP contribution in [0.15, 0.2) is 36.4 Å². The zero-order chi connectivity index (χ0) is 21.7. The van der Waals surface area contributed by atoms with E-state index in [1.807, 2.05) is 0 Å². The molecule has 0 saturated carbocycles. The van der Waals surface area contributed by atoms with Crippen molar-refractivity contribution >= 4 is 24.8 Å². The maximum atomic E-state index is 12.5. The quantitative estimate of drug-likeness (QED) is 0.608. The minimum Gasteiger partial charge on any atom is -0.496 e. The van der Waals surface area contributed by atoms with Gasteiger partial charge >= 0.3 is 6.36 Å². The van der Waals surface area contributed by atoms with Crippen molar-refractivity contribution in [3.05, 3.63) is 47.5 Å². The minimum atomic E-state index is -4.73. The van der Waals surface area contributed by atoms with Gasteiger partial charge in [0.25, 0.3) is 0 Å². The van der Waals surface area contributed by atoms with Crippen molar-refractivity contribution in [1.82, 2.24) is 10.2 Å². The lowest BCUT2D eigenvalue weighted by molar-refractivity contribution is -0.274. The zero-order valence-corrected chi connectivity index (χ0v) is 19.5. The van der Waals surface area contributed by atoms with E-state index in [0.717, 1.165) is 37.3 Å². The predicted molar refractivity (Wildman–Crippen MR) is 120 cm³/mol. The van der Waals surface area contributed by atoms with Crippen molar-refractivity contribution < 1.29 is 32.1 Å². The highest BCUT2D eigenvalue weighted by molar-refractivity contribution is 5.85. The van der Waals surface area contributed by atoms with Gasteiger partial charge in [0.1, 0.15) is 23.0 Å². The van der Waals surface area contributed by atoms with E-state index in [0.29, 0.717) is 17.2 Å². The van der Waals surface area contributed by atoms with E-state index >= 15 is 0 Å². The molecule has 1 aliphatic rings. The van der Waals surface area contributed by atoms with Crippen molar-refractivity contribution in [2.45, 2.75) is 12.4 Å². The van der Waals surface area contributed by atoms with Gasteiger partial charge in [-0.1, -0.05) is 12.1 Å². The van der Waals surface area contributed by atoms with Gasteiger partial charge in [-0.05, 0) is 17.7 Å². The molecule has 32 heavy (non-hydrogen) atoms. The van der Waals surface area contributed by atoms with Crippen LogP contribution in [0.3, 0.4) is 0 Å². The molecule has 180 valence electrons. The normalized spacial score (nSPS) is 15.1. The van der Waals surface area contributed by atoms with Crippen LogP contribution in [0.1, 0.15) is 17.2 Å². The smallest absolute Gasteiger partial charge is 0.496 e. The Morgan fingerprint density at radius 2 is 1.38 bits per heavy atom. The average molecular weight is 499 g/mol. The lowest BCUT2D eigenvalue weighted by Crippen LogP contribution is -2.45. The van der Waals surface area contributed by atoms with Gasteiger partial charge in [-0.2, -0.15) is 0 Å². The number of benzene rings is 2. The second-order valence-electron chi connectivity index (χ2n) is 6.75. The van der Waals surface area contributed by atoms with Gasteiger partial charge in [-0.3, -0.25) is 4.90 Å². The number of hydrogen-bond donors (Lipinski definition) is 1. The van der Waals surface area contributed by atoms with Crippen molar-refractivity contribution in [2.24, 2.45) is 0 Å². The molecule has 6 nitrogen and oxygen atoms in total. The zero-order valence-electron chi connectivity index (χ0n) is 17.9. The van der Waals surface area contributed by atoms with Gasteiger partial charge in [0.15, 0.2) is 0 Å². The van der Waals surface area contributed by atoms with E-state index in [1.165, 1.54) is 12.1 Å². The van der Waals surface area contributed by atoms with Gasteiger partial charge < -0.3 is 24.3 Å². The van der Waals surface area contributed by atoms with Crippen molar-refractivity contribution in [3.63, 3.8) is 0 Å². The lowest BCUT2D eigenvalue weighted by atomic mass is 9.94. The summed E-state index contributed by atoms with van der Waals surface area (Å²) in [4.78, 5) is 2.24. The van der Waals surface area contributed by atoms with E-state index < -0.39 is 6.36 Å². The first-order valence-corrected chi connectivity index (χ1v) is 9.46. The van der Waals surface area contributed by atoms with Gasteiger partial charge in [0, 0.05) is 38.3 Å². The molecule has 0 radical (unpaired) electrons. The molecule has 3 rings (SSSR count). The number of alkyl halides is 3. The van der Waals surface area contributed by atoms with Gasteiger partial charge in [-0.25, -0.2) is 0 Å². The summed E-state index contributed by atoms with van der Waals surface area (Å²) in [5, 5.41) is 3.31. The van der Waals surface area contributed by atoms with Gasteiger partial charge in [-0.15, -0.1) is 38.0 Å². The van der Waals surface area contributed by atoms with Crippen LogP contribution >= 0.6 is 24.8 Å². The van der Waals surface area contributed by atoms with Crippen LogP contribution in [-0.2, 0) is 0 Å². The highest BCUT2D eigenvalue weighted by Crippen LogP contribution is 2.44. The first-order chi connectivity index (χ1) is 14.4. The maximum Gasteiger partial charge on any atom is 0.573 e. The third-order valence-electron chi connectivity index (χ3n) is 4.97. The first-order valence-electron chi connectivity index (χ1n) is 9.46. The van der Waals surface area contributed by atoms with Crippen LogP contribution in [0.4, 0.5) is 13.2 Å². The van der Waals surface area contributed by atoms with Crippen LogP contribution in [0, 0.1) is 0 Å². The van der Waals surface area contributed by atoms with Crippen LogP contribution in [0.5, 0.6) is 23.0 Å². The van der Waals surface area contributed by atoms with E-state index in [1.54, 1.807) is 45.6 Å². The second-order valence-corrected chi connectivity index (χ2v) is 6.75. The SMILES string of the molecule is COc1cc(OC)c([C@H](c2ccc(OC(F)(F)F)cc2)N2CCNCC2)c(OC)c1.Cl.Cl. The van der Waals surface area contributed by atoms with E-state index in [-0.39, 0.29) is 36.6 Å². The number of rotatable bonds is 7. The number of nitrogens with zero attached hydrogens (tertiary/aromatic N) is 1. The molecule has 1 aliphatic heterocycles. The largest absolute Gasteiger partial charge is 0.573 e. The van der Waals surface area contributed by atoms with Crippen molar-refractivity contribution in [1.29, 1.82) is 0 Å². The molecule has 2 aromatic carbocycles. The Morgan fingerprint density at radius 3 is 1.81 bits per heavy atom. The number of hydrogen-bond acceptors (Lipinski definition) is 6. The Bertz CT molecular complexity index is 823. The van der Waals surface area contributed by atoms with E-state index in [4.69, 9.17) is 14.2 Å². The van der Waals surface area contributed by atoms with E-state index in [2.05, 4.69) is 15.0 Å². The number of nitrogens with one attached hydrogen (secondary N) is 1. The summed E-state index contributed by atoms with van der Waals surface area (Å²) in [7, 11) is 4.68. The molecule has 1 N–H and O–H groups in total. The van der Waals surface area contributed by atoms with Gasteiger partial charge in [0.2, 0.25) is 0 Å². The fourth-order valence-electron chi connectivity index (χ4n) is 3.65. The van der Waals surface area contributed by atoms with Gasteiger partial charge in [0.05, 0.1) is 32.9 Å². The van der Waals surface area contributed by atoms with Crippen LogP contribution in [0.2, 0.25) is 0 Å². The fraction of sp³-hybridized carbons (Fsp3) is 0.429. The molecule has 11 heteroatoms. The fourth-order valence-corrected chi connectivity index (χ4v) is 3.65. The standard InChI is InChI=1S/C21H25F3N2O4.2ClH/c1-27-16-12-17(28-2)19(18(13-16)29-3)20(26-10-8-25-9-11-26)14-4-6-15(7-5-14)30-21(22,23)24;;/h4-7,12-13,20,25H,8-11H2,1-3H3;2*1H/t20-;;/m0../s1. The van der Waals surface area contributed by atoms with Crippen molar-refractivity contribution in [3.8, 4) is 23.0 Å². The molecule has 1 fully saturated rings. The Kier molecular flexibility index (Phi) is 10.7. The summed E-state index contributed by atoms with van der Waals surface area (Å²) >= 11 is 0. The van der Waals surface area contributed by atoms with E-state index in [9.17, 15) is 13.2 Å². The van der Waals surface area contributed by atoms with Crippen LogP contribution in [-0.4, -0.2) is 58.8 Å². The average Bonchev–Trinajstić information content (AvgIpc) is 2.74. The maximum absolute atomic E-state index is 12.5. The summed E-state index contributed by atoms with van der Waals surface area (Å²) < 4.78 is 58.3. The molecular weight excluding hydrogens is 472 g/mol. The molecule has 1 saturated heterocycles. The molecule has 0 aromatic heterocycles. The number of halogens is 5. The number of ether oxygens (including phenoxy) is 4. The summed E-state index contributed by atoms with van der Waals surface area (Å²) in [5.41, 5.74) is 1.58. The third-order valence-corrected chi connectivity index (χ3v) is 4.97. The summed E-state index contributed by atoms with van der Waals surface area (Å²) in [6, 6.07) is 9.17. The lowest BCUT2D eigenvalue weighted by Gasteiger charge is -2.36. The summed E-state index contributed by atoms with van der Waals surface area (Å²) in [5.74, 6) is 1.47.